The van der Waals surface area contributed by atoms with E-state index in [1.165, 1.54) is 17.0 Å². The van der Waals surface area contributed by atoms with E-state index in [2.05, 4.69) is 6.07 Å². The Morgan fingerprint density at radius 3 is 2.75 bits per heavy atom. The summed E-state index contributed by atoms with van der Waals surface area (Å²) in [6.45, 7) is 0. The van der Waals surface area contributed by atoms with E-state index in [0.29, 0.717) is 0 Å². The molecule has 0 aliphatic carbocycles. The Bertz CT molecular complexity index is 296. The number of amides is 1. The molecule has 1 amide bonds. The van der Waals surface area contributed by atoms with E-state index in [1.807, 2.05) is 0 Å². The molecule has 0 saturated heterocycles. The van der Waals surface area contributed by atoms with Gasteiger partial charge in [0.1, 0.15) is 5.82 Å². The fraction of sp³-hybridized carbons (Fsp3) is 0.222. The van der Waals surface area contributed by atoms with E-state index in [4.69, 9.17) is 0 Å². The second kappa shape index (κ2) is 3.34. The number of hydrogen-bond donors (Lipinski definition) is 0. The smallest absolute Gasteiger partial charge is 0.256 e. The highest BCUT2D eigenvalue weighted by Gasteiger charge is 2.11. The quantitative estimate of drug-likeness (QED) is 0.616. The highest BCUT2D eigenvalue weighted by atomic mass is 19.1. The van der Waals surface area contributed by atoms with Crippen molar-refractivity contribution in [2.75, 3.05) is 14.1 Å². The van der Waals surface area contributed by atoms with E-state index in [9.17, 15) is 9.18 Å². The van der Waals surface area contributed by atoms with Crippen molar-refractivity contribution in [2.24, 2.45) is 0 Å². The van der Waals surface area contributed by atoms with Gasteiger partial charge in [-0.2, -0.15) is 0 Å². The van der Waals surface area contributed by atoms with Gasteiger partial charge in [0, 0.05) is 14.1 Å². The van der Waals surface area contributed by atoms with Crippen molar-refractivity contribution in [2.45, 2.75) is 0 Å². The number of hydrogen-bond acceptors (Lipinski definition) is 1. The van der Waals surface area contributed by atoms with Crippen LogP contribution >= 0.6 is 0 Å². The molecule has 0 N–H and O–H groups in total. The lowest BCUT2D eigenvalue weighted by Crippen LogP contribution is -2.22. The average Bonchev–Trinajstić information content (AvgIpc) is 2.04. The highest BCUT2D eigenvalue weighted by Crippen LogP contribution is 2.07. The number of rotatable bonds is 1. The molecule has 0 bridgehead atoms. The van der Waals surface area contributed by atoms with Gasteiger partial charge in [-0.05, 0) is 18.2 Å². The Kier molecular flexibility index (Phi) is 2.43. The lowest BCUT2D eigenvalue weighted by atomic mass is 10.2. The Morgan fingerprint density at radius 1 is 1.58 bits per heavy atom. The lowest BCUT2D eigenvalue weighted by Gasteiger charge is -2.09. The zero-order valence-electron chi connectivity index (χ0n) is 6.97. The van der Waals surface area contributed by atoms with Gasteiger partial charge in [0.15, 0.2) is 0 Å². The molecule has 0 fully saturated rings. The third kappa shape index (κ3) is 1.61. The van der Waals surface area contributed by atoms with E-state index in [1.54, 1.807) is 14.1 Å². The van der Waals surface area contributed by atoms with Crippen molar-refractivity contribution in [1.29, 1.82) is 0 Å². The molecule has 0 atom stereocenters. The Balaban J connectivity index is 3.03. The van der Waals surface area contributed by atoms with Gasteiger partial charge >= 0.3 is 0 Å². The molecular weight excluding hydrogens is 157 g/mol. The van der Waals surface area contributed by atoms with Crippen molar-refractivity contribution < 1.29 is 9.18 Å². The standard InChI is InChI=1S/C9H9FNO/c1-11(2)9(12)7-5-3-4-6-8(7)10/h3,5-6H,1-2H3. The topological polar surface area (TPSA) is 20.3 Å². The van der Waals surface area contributed by atoms with Crippen molar-refractivity contribution in [3.63, 3.8) is 0 Å². The second-order valence-corrected chi connectivity index (χ2v) is 2.61. The summed E-state index contributed by atoms with van der Waals surface area (Å²) in [6, 6.07) is 6.63. The monoisotopic (exact) mass is 166 g/mol. The van der Waals surface area contributed by atoms with E-state index < -0.39 is 5.82 Å². The maximum Gasteiger partial charge on any atom is 0.256 e. The summed E-state index contributed by atoms with van der Waals surface area (Å²) in [7, 11) is 3.16. The summed E-state index contributed by atoms with van der Waals surface area (Å²) < 4.78 is 12.9. The Labute approximate surface area is 70.6 Å². The van der Waals surface area contributed by atoms with Crippen LogP contribution < -0.4 is 0 Å². The summed E-state index contributed by atoms with van der Waals surface area (Å²) in [5.74, 6) is -0.863. The van der Waals surface area contributed by atoms with Crippen LogP contribution in [0.2, 0.25) is 0 Å². The Morgan fingerprint density at radius 2 is 2.25 bits per heavy atom. The van der Waals surface area contributed by atoms with Crippen LogP contribution in [0.3, 0.4) is 0 Å². The highest BCUT2D eigenvalue weighted by molar-refractivity contribution is 5.94. The van der Waals surface area contributed by atoms with Crippen LogP contribution in [0.5, 0.6) is 0 Å². The van der Waals surface area contributed by atoms with Gasteiger partial charge in [-0.15, -0.1) is 0 Å². The SMILES string of the molecule is CN(C)C(=O)c1cc[c]cc1F. The molecule has 0 spiro atoms. The molecule has 0 aliphatic rings. The molecule has 1 aromatic carbocycles. The van der Waals surface area contributed by atoms with E-state index in [0.717, 1.165) is 6.07 Å². The number of benzene rings is 1. The predicted octanol–water partition coefficient (Wildman–Crippen LogP) is 1.33. The van der Waals surface area contributed by atoms with Crippen LogP contribution in [-0.4, -0.2) is 24.9 Å². The minimum atomic E-state index is -0.531. The maximum atomic E-state index is 12.9. The van der Waals surface area contributed by atoms with Crippen LogP contribution in [-0.2, 0) is 0 Å². The van der Waals surface area contributed by atoms with Gasteiger partial charge in [0.2, 0.25) is 0 Å². The first kappa shape index (κ1) is 8.71. The molecule has 2 nitrogen and oxygen atoms in total. The lowest BCUT2D eigenvalue weighted by molar-refractivity contribution is 0.0823. The van der Waals surface area contributed by atoms with Crippen molar-refractivity contribution in [3.05, 3.63) is 35.6 Å². The molecule has 0 aromatic heterocycles. The zero-order valence-corrected chi connectivity index (χ0v) is 6.97. The predicted molar refractivity (Wildman–Crippen MR) is 43.3 cm³/mol. The summed E-state index contributed by atoms with van der Waals surface area (Å²) in [4.78, 5) is 12.6. The summed E-state index contributed by atoms with van der Waals surface area (Å²) in [6.07, 6.45) is 0. The average molecular weight is 166 g/mol. The number of halogens is 1. The van der Waals surface area contributed by atoms with Crippen molar-refractivity contribution in [1.82, 2.24) is 4.90 Å². The fourth-order valence-electron chi connectivity index (χ4n) is 0.824. The van der Waals surface area contributed by atoms with Gasteiger partial charge in [0.25, 0.3) is 5.91 Å². The second-order valence-electron chi connectivity index (χ2n) is 2.61. The van der Waals surface area contributed by atoms with Crippen LogP contribution in [0.4, 0.5) is 4.39 Å². The number of nitrogens with zero attached hydrogens (tertiary/aromatic N) is 1. The first-order valence-electron chi connectivity index (χ1n) is 3.50. The molecule has 1 aromatic rings. The van der Waals surface area contributed by atoms with Gasteiger partial charge in [-0.3, -0.25) is 4.79 Å². The largest absolute Gasteiger partial charge is 0.345 e. The molecule has 1 radical (unpaired) electrons. The van der Waals surface area contributed by atoms with Crippen LogP contribution in [0.25, 0.3) is 0 Å². The van der Waals surface area contributed by atoms with Crippen molar-refractivity contribution in [3.8, 4) is 0 Å². The molecule has 0 unspecified atom stereocenters. The van der Waals surface area contributed by atoms with Gasteiger partial charge in [-0.25, -0.2) is 4.39 Å². The molecule has 12 heavy (non-hydrogen) atoms. The van der Waals surface area contributed by atoms with Gasteiger partial charge < -0.3 is 4.90 Å². The summed E-state index contributed by atoms with van der Waals surface area (Å²) in [5.41, 5.74) is 0.0822. The molecular formula is C9H9FNO. The van der Waals surface area contributed by atoms with Gasteiger partial charge in [0.05, 0.1) is 5.56 Å². The first-order valence-corrected chi connectivity index (χ1v) is 3.50. The number of carbonyl (C=O) groups excluding carboxylic acids is 1. The van der Waals surface area contributed by atoms with E-state index in [-0.39, 0.29) is 11.5 Å². The minimum absolute atomic E-state index is 0.0822. The van der Waals surface area contributed by atoms with Crippen LogP contribution in [0.15, 0.2) is 18.2 Å². The normalized spacial score (nSPS) is 9.58. The third-order valence-electron chi connectivity index (χ3n) is 1.45. The maximum absolute atomic E-state index is 12.9. The molecule has 1 rings (SSSR count). The molecule has 0 aliphatic heterocycles. The van der Waals surface area contributed by atoms with E-state index >= 15 is 0 Å². The summed E-state index contributed by atoms with van der Waals surface area (Å²) in [5, 5.41) is 0. The molecule has 0 saturated carbocycles. The first-order chi connectivity index (χ1) is 5.63. The fourth-order valence-corrected chi connectivity index (χ4v) is 0.824. The zero-order chi connectivity index (χ0) is 9.14. The van der Waals surface area contributed by atoms with Crippen LogP contribution in [0, 0.1) is 11.9 Å². The molecule has 0 heterocycles. The number of carbonyl (C=O) groups is 1. The minimum Gasteiger partial charge on any atom is -0.345 e. The van der Waals surface area contributed by atoms with Crippen molar-refractivity contribution >= 4 is 5.91 Å². The van der Waals surface area contributed by atoms with Gasteiger partial charge in [-0.1, -0.05) is 6.07 Å². The van der Waals surface area contributed by atoms with Crippen LogP contribution in [0.1, 0.15) is 10.4 Å². The summed E-state index contributed by atoms with van der Waals surface area (Å²) >= 11 is 0. The Hall–Kier alpha value is -1.38. The third-order valence-corrected chi connectivity index (χ3v) is 1.45. The molecule has 63 valence electrons. The molecule has 3 heteroatoms.